The van der Waals surface area contributed by atoms with Gasteiger partial charge in [0.15, 0.2) is 6.10 Å². The molecule has 1 amide bonds. The molecule has 0 aliphatic carbocycles. The Morgan fingerprint density at radius 1 is 1.22 bits per heavy atom. The largest absolute Gasteiger partial charge is 0.453 e. The second-order valence-corrected chi connectivity index (χ2v) is 7.38. The molecule has 2 aromatic rings. The van der Waals surface area contributed by atoms with Crippen LogP contribution in [0.1, 0.15) is 18.2 Å². The third-order valence-electron chi connectivity index (χ3n) is 4.34. The van der Waals surface area contributed by atoms with Crippen molar-refractivity contribution in [3.8, 4) is 0 Å². The van der Waals surface area contributed by atoms with Crippen LogP contribution < -0.4 is 10.2 Å². The van der Waals surface area contributed by atoms with Gasteiger partial charge in [-0.25, -0.2) is 0 Å². The summed E-state index contributed by atoms with van der Waals surface area (Å²) >= 11 is 1.61. The fourth-order valence-corrected chi connectivity index (χ4v) is 3.52. The van der Waals surface area contributed by atoms with E-state index in [1.807, 2.05) is 41.8 Å². The smallest absolute Gasteiger partial charge is 0.306 e. The van der Waals surface area contributed by atoms with Crippen LogP contribution in [0, 0.1) is 0 Å². The number of nitrogens with zero attached hydrogens (tertiary/aromatic N) is 1. The summed E-state index contributed by atoms with van der Waals surface area (Å²) in [7, 11) is 0. The van der Waals surface area contributed by atoms with Gasteiger partial charge in [-0.1, -0.05) is 6.07 Å². The number of hydrogen-bond donors (Lipinski definition) is 1. The molecule has 144 valence electrons. The van der Waals surface area contributed by atoms with Crippen molar-refractivity contribution in [3.63, 3.8) is 0 Å². The van der Waals surface area contributed by atoms with E-state index < -0.39 is 6.10 Å². The maximum absolute atomic E-state index is 12.3. The van der Waals surface area contributed by atoms with Gasteiger partial charge in [0.1, 0.15) is 0 Å². The molecule has 0 bridgehead atoms. The predicted molar refractivity (Wildman–Crippen MR) is 106 cm³/mol. The Bertz CT molecular complexity index is 740. The number of carbonyl (C=O) groups is 2. The lowest BCUT2D eigenvalue weighted by Gasteiger charge is -2.28. The standard InChI is InChI=1S/C20H24N2O4S/c1-15(26-19(23)9-8-18-3-2-14-27-18)20(24)21-16-4-6-17(7-5-16)22-10-12-25-13-11-22/h2-7,14-15H,8-13H2,1H3,(H,21,24). The number of anilines is 2. The second-order valence-electron chi connectivity index (χ2n) is 6.35. The van der Waals surface area contributed by atoms with Crippen LogP contribution >= 0.6 is 11.3 Å². The molecule has 0 spiro atoms. The Morgan fingerprint density at radius 3 is 2.63 bits per heavy atom. The first kappa shape index (κ1) is 19.4. The monoisotopic (exact) mass is 388 g/mol. The molecule has 1 atom stereocenters. The van der Waals surface area contributed by atoms with E-state index >= 15 is 0 Å². The normalized spacial score (nSPS) is 15.2. The summed E-state index contributed by atoms with van der Waals surface area (Å²) in [6, 6.07) is 11.6. The van der Waals surface area contributed by atoms with Crippen molar-refractivity contribution in [3.05, 3.63) is 46.7 Å². The Labute approximate surface area is 163 Å². The molecule has 7 heteroatoms. The molecule has 0 saturated carbocycles. The van der Waals surface area contributed by atoms with Crippen LogP contribution in [-0.4, -0.2) is 44.3 Å². The molecular formula is C20H24N2O4S. The van der Waals surface area contributed by atoms with E-state index in [9.17, 15) is 9.59 Å². The molecule has 1 unspecified atom stereocenters. The van der Waals surface area contributed by atoms with Crippen molar-refractivity contribution in [2.75, 3.05) is 36.5 Å². The summed E-state index contributed by atoms with van der Waals surface area (Å²) in [5.74, 6) is -0.702. The molecule has 3 rings (SSSR count). The van der Waals surface area contributed by atoms with Crippen LogP contribution in [0.15, 0.2) is 41.8 Å². The maximum Gasteiger partial charge on any atom is 0.306 e. The number of morpholine rings is 1. The van der Waals surface area contributed by atoms with E-state index in [1.165, 1.54) is 0 Å². The number of hydrogen-bond acceptors (Lipinski definition) is 6. The number of thiophene rings is 1. The molecule has 1 aliphatic rings. The molecule has 1 aromatic heterocycles. The van der Waals surface area contributed by atoms with Gasteiger partial charge in [-0.2, -0.15) is 0 Å². The van der Waals surface area contributed by atoms with Gasteiger partial charge in [0, 0.05) is 29.3 Å². The van der Waals surface area contributed by atoms with Crippen LogP contribution in [0.2, 0.25) is 0 Å². The average Bonchev–Trinajstić information content (AvgIpc) is 3.21. The summed E-state index contributed by atoms with van der Waals surface area (Å²) in [5.41, 5.74) is 1.78. The van der Waals surface area contributed by atoms with E-state index in [0.717, 1.165) is 36.9 Å². The zero-order chi connectivity index (χ0) is 19.1. The van der Waals surface area contributed by atoms with Crippen molar-refractivity contribution >= 4 is 34.6 Å². The fraction of sp³-hybridized carbons (Fsp3) is 0.400. The van der Waals surface area contributed by atoms with E-state index in [-0.39, 0.29) is 18.3 Å². The zero-order valence-corrected chi connectivity index (χ0v) is 16.2. The summed E-state index contributed by atoms with van der Waals surface area (Å²) in [6.07, 6.45) is 0.0694. The number of ether oxygens (including phenoxy) is 2. The van der Waals surface area contributed by atoms with Gasteiger partial charge in [0.25, 0.3) is 5.91 Å². The highest BCUT2D eigenvalue weighted by molar-refractivity contribution is 7.09. The van der Waals surface area contributed by atoms with Crippen molar-refractivity contribution in [1.29, 1.82) is 0 Å². The predicted octanol–water partition coefficient (Wildman–Crippen LogP) is 3.09. The number of amides is 1. The van der Waals surface area contributed by atoms with E-state index in [0.29, 0.717) is 12.1 Å². The zero-order valence-electron chi connectivity index (χ0n) is 15.3. The van der Waals surface area contributed by atoms with E-state index in [1.54, 1.807) is 18.3 Å². The van der Waals surface area contributed by atoms with E-state index in [4.69, 9.17) is 9.47 Å². The quantitative estimate of drug-likeness (QED) is 0.739. The lowest BCUT2D eigenvalue weighted by Crippen LogP contribution is -2.36. The second kappa shape index (κ2) is 9.53. The summed E-state index contributed by atoms with van der Waals surface area (Å²) in [6.45, 7) is 4.77. The summed E-state index contributed by atoms with van der Waals surface area (Å²) < 4.78 is 10.6. The number of aryl methyl sites for hydroxylation is 1. The number of carbonyl (C=O) groups excluding carboxylic acids is 2. The Hall–Kier alpha value is -2.38. The minimum absolute atomic E-state index is 0.270. The maximum atomic E-state index is 12.3. The van der Waals surface area contributed by atoms with Gasteiger partial charge in [0.05, 0.1) is 19.6 Å². The van der Waals surface area contributed by atoms with Crippen LogP contribution in [0.4, 0.5) is 11.4 Å². The highest BCUT2D eigenvalue weighted by Crippen LogP contribution is 2.19. The fourth-order valence-electron chi connectivity index (χ4n) is 2.81. The molecule has 27 heavy (non-hydrogen) atoms. The van der Waals surface area contributed by atoms with Crippen LogP contribution in [0.3, 0.4) is 0 Å². The number of nitrogens with one attached hydrogen (secondary N) is 1. The van der Waals surface area contributed by atoms with Gasteiger partial charge in [-0.3, -0.25) is 9.59 Å². The van der Waals surface area contributed by atoms with Gasteiger partial charge in [-0.05, 0) is 49.1 Å². The molecular weight excluding hydrogens is 364 g/mol. The number of rotatable bonds is 7. The summed E-state index contributed by atoms with van der Waals surface area (Å²) in [5, 5.41) is 4.76. The topological polar surface area (TPSA) is 67.9 Å². The number of benzene rings is 1. The van der Waals surface area contributed by atoms with E-state index in [2.05, 4.69) is 10.2 Å². The first-order chi connectivity index (χ1) is 13.1. The third-order valence-corrected chi connectivity index (χ3v) is 5.28. The average molecular weight is 388 g/mol. The van der Waals surface area contributed by atoms with Crippen molar-refractivity contribution in [1.82, 2.24) is 0 Å². The molecule has 1 aliphatic heterocycles. The molecule has 1 aromatic carbocycles. The lowest BCUT2D eigenvalue weighted by atomic mass is 10.2. The minimum atomic E-state index is -0.834. The molecule has 1 fully saturated rings. The number of esters is 1. The van der Waals surface area contributed by atoms with Gasteiger partial charge in [-0.15, -0.1) is 11.3 Å². The summed E-state index contributed by atoms with van der Waals surface area (Å²) in [4.78, 5) is 27.5. The molecule has 6 nitrogen and oxygen atoms in total. The third kappa shape index (κ3) is 5.80. The minimum Gasteiger partial charge on any atom is -0.453 e. The Balaban J connectivity index is 1.45. The van der Waals surface area contributed by atoms with Gasteiger partial charge in [0.2, 0.25) is 0 Å². The SMILES string of the molecule is CC(OC(=O)CCc1cccs1)C(=O)Nc1ccc(N2CCOCC2)cc1. The van der Waals surface area contributed by atoms with Crippen molar-refractivity contribution < 1.29 is 19.1 Å². The lowest BCUT2D eigenvalue weighted by molar-refractivity contribution is -0.153. The molecule has 2 heterocycles. The molecule has 1 N–H and O–H groups in total. The van der Waals surface area contributed by atoms with Crippen molar-refractivity contribution in [2.24, 2.45) is 0 Å². The van der Waals surface area contributed by atoms with Gasteiger partial charge < -0.3 is 19.7 Å². The van der Waals surface area contributed by atoms with Gasteiger partial charge >= 0.3 is 5.97 Å². The van der Waals surface area contributed by atoms with Crippen molar-refractivity contribution in [2.45, 2.75) is 25.9 Å². The van der Waals surface area contributed by atoms with Crippen LogP contribution in [-0.2, 0) is 25.5 Å². The first-order valence-corrected chi connectivity index (χ1v) is 9.95. The Morgan fingerprint density at radius 2 is 1.96 bits per heavy atom. The highest BCUT2D eigenvalue weighted by atomic mass is 32.1. The first-order valence-electron chi connectivity index (χ1n) is 9.07. The molecule has 1 saturated heterocycles. The van der Waals surface area contributed by atoms with Crippen LogP contribution in [0.25, 0.3) is 0 Å². The molecule has 0 radical (unpaired) electrons. The Kier molecular flexibility index (Phi) is 6.84. The highest BCUT2D eigenvalue weighted by Gasteiger charge is 2.18. The van der Waals surface area contributed by atoms with Crippen LogP contribution in [0.5, 0.6) is 0 Å².